The van der Waals surface area contributed by atoms with Crippen molar-refractivity contribution in [1.82, 2.24) is 15.1 Å². The highest BCUT2D eigenvalue weighted by Gasteiger charge is 2.23. The Labute approximate surface area is 177 Å². The number of aromatic nitrogens is 2. The molecule has 2 aromatic carbocycles. The van der Waals surface area contributed by atoms with Gasteiger partial charge in [-0.05, 0) is 36.4 Å². The average molecular weight is 424 g/mol. The quantitative estimate of drug-likeness (QED) is 0.493. The van der Waals surface area contributed by atoms with E-state index in [2.05, 4.69) is 5.32 Å². The summed E-state index contributed by atoms with van der Waals surface area (Å²) in [5, 5.41) is 7.41. The lowest BCUT2D eigenvalue weighted by Gasteiger charge is -2.09. The van der Waals surface area contributed by atoms with Gasteiger partial charge in [0.05, 0.1) is 24.8 Å². The molecule has 3 aromatic rings. The molecule has 8 heteroatoms. The maximum Gasteiger partial charge on any atom is 0.263 e. The number of carbonyl (C=O) groups excluding carboxylic acids is 1. The van der Waals surface area contributed by atoms with Crippen molar-refractivity contribution in [1.29, 1.82) is 0 Å². The molecule has 0 unspecified atom stereocenters. The van der Waals surface area contributed by atoms with Crippen LogP contribution >= 0.6 is 24.0 Å². The Balaban J connectivity index is 1.86. The molecule has 146 valence electrons. The molecule has 2 heterocycles. The van der Waals surface area contributed by atoms with Crippen molar-refractivity contribution in [2.45, 2.75) is 0 Å². The minimum atomic E-state index is -0.203. The van der Waals surface area contributed by atoms with Gasteiger partial charge in [-0.2, -0.15) is 5.10 Å². The summed E-state index contributed by atoms with van der Waals surface area (Å²) in [7, 11) is 3.18. The Hall–Kier alpha value is -3.10. The van der Waals surface area contributed by atoms with Gasteiger partial charge in [-0.3, -0.25) is 4.79 Å². The van der Waals surface area contributed by atoms with Crippen molar-refractivity contribution in [2.75, 3.05) is 14.2 Å². The molecular formula is C21H17N3O3S2. The van der Waals surface area contributed by atoms with Gasteiger partial charge in [0.25, 0.3) is 5.91 Å². The van der Waals surface area contributed by atoms with Gasteiger partial charge >= 0.3 is 0 Å². The second-order valence-electron chi connectivity index (χ2n) is 6.14. The summed E-state index contributed by atoms with van der Waals surface area (Å²) < 4.78 is 13.0. The summed E-state index contributed by atoms with van der Waals surface area (Å²) in [4.78, 5) is 12.7. The third kappa shape index (κ3) is 3.90. The van der Waals surface area contributed by atoms with Gasteiger partial charge in [0.1, 0.15) is 10.0 Å². The fourth-order valence-electron chi connectivity index (χ4n) is 2.98. The SMILES string of the molecule is COc1ccc(-c2nn(-c3ccccc3)cc2/C=C2\SC(=S)NC2=O)cc1OC. The van der Waals surface area contributed by atoms with E-state index in [4.69, 9.17) is 26.8 Å². The minimum Gasteiger partial charge on any atom is -0.493 e. The molecule has 0 atom stereocenters. The summed E-state index contributed by atoms with van der Waals surface area (Å²) >= 11 is 6.34. The Kier molecular flexibility index (Phi) is 5.37. The molecule has 0 radical (unpaired) electrons. The number of thioether (sulfide) groups is 1. The molecule has 1 N–H and O–H groups in total. The van der Waals surface area contributed by atoms with E-state index in [1.54, 1.807) is 25.0 Å². The molecule has 0 bridgehead atoms. The van der Waals surface area contributed by atoms with Gasteiger partial charge in [0, 0.05) is 17.3 Å². The van der Waals surface area contributed by atoms with Crippen LogP contribution in [-0.2, 0) is 4.79 Å². The summed E-state index contributed by atoms with van der Waals surface area (Å²) in [5.74, 6) is 1.03. The summed E-state index contributed by atoms with van der Waals surface area (Å²) in [6, 6.07) is 15.4. The fourth-order valence-corrected chi connectivity index (χ4v) is 4.01. The van der Waals surface area contributed by atoms with Crippen LogP contribution in [0.4, 0.5) is 0 Å². The smallest absolute Gasteiger partial charge is 0.263 e. The number of para-hydroxylation sites is 1. The first-order valence-electron chi connectivity index (χ1n) is 8.71. The fraction of sp³-hybridized carbons (Fsp3) is 0.0952. The van der Waals surface area contributed by atoms with Crippen molar-refractivity contribution in [3.8, 4) is 28.4 Å². The second kappa shape index (κ2) is 8.10. The average Bonchev–Trinajstić information content (AvgIpc) is 3.31. The first-order valence-corrected chi connectivity index (χ1v) is 9.94. The Bertz CT molecular complexity index is 1120. The number of ether oxygens (including phenoxy) is 2. The van der Waals surface area contributed by atoms with Crippen molar-refractivity contribution in [2.24, 2.45) is 0 Å². The molecule has 4 rings (SSSR count). The van der Waals surface area contributed by atoms with E-state index in [9.17, 15) is 4.79 Å². The van der Waals surface area contributed by atoms with E-state index in [1.807, 2.05) is 54.7 Å². The second-order valence-corrected chi connectivity index (χ2v) is 7.85. The van der Waals surface area contributed by atoms with Crippen molar-refractivity contribution < 1.29 is 14.3 Å². The Morgan fingerprint density at radius 3 is 2.52 bits per heavy atom. The molecule has 1 amide bonds. The number of benzene rings is 2. The van der Waals surface area contributed by atoms with E-state index in [1.165, 1.54) is 11.8 Å². The summed E-state index contributed by atoms with van der Waals surface area (Å²) in [5.41, 5.74) is 3.27. The van der Waals surface area contributed by atoms with Gasteiger partial charge in [0.2, 0.25) is 0 Å². The molecule has 1 fully saturated rings. The number of nitrogens with zero attached hydrogens (tertiary/aromatic N) is 2. The minimum absolute atomic E-state index is 0.203. The number of thiocarbonyl (C=S) groups is 1. The van der Waals surface area contributed by atoms with Crippen LogP contribution < -0.4 is 14.8 Å². The number of hydrogen-bond donors (Lipinski definition) is 1. The lowest BCUT2D eigenvalue weighted by atomic mass is 10.1. The van der Waals surface area contributed by atoms with Crippen molar-refractivity contribution in [3.05, 3.63) is 65.2 Å². The van der Waals surface area contributed by atoms with Gasteiger partial charge in [-0.15, -0.1) is 0 Å². The highest BCUT2D eigenvalue weighted by atomic mass is 32.2. The van der Waals surface area contributed by atoms with E-state index in [0.29, 0.717) is 26.4 Å². The maximum atomic E-state index is 12.1. The molecule has 0 saturated carbocycles. The third-order valence-corrected chi connectivity index (χ3v) is 5.51. The largest absolute Gasteiger partial charge is 0.493 e. The molecule has 29 heavy (non-hydrogen) atoms. The predicted octanol–water partition coefficient (Wildman–Crippen LogP) is 4.05. The number of nitrogens with one attached hydrogen (secondary N) is 1. The summed E-state index contributed by atoms with van der Waals surface area (Å²) in [6.07, 6.45) is 3.70. The number of hydrogen-bond acceptors (Lipinski definition) is 6. The van der Waals surface area contributed by atoms with Crippen LogP contribution in [0, 0.1) is 0 Å². The van der Waals surface area contributed by atoms with Crippen LogP contribution in [0.15, 0.2) is 59.6 Å². The molecular weight excluding hydrogens is 406 g/mol. The maximum absolute atomic E-state index is 12.1. The zero-order chi connectivity index (χ0) is 20.4. The topological polar surface area (TPSA) is 65.4 Å². The standard InChI is InChI=1S/C21H17N3O3S2/c1-26-16-9-8-13(10-17(16)27-2)19-14(11-18-20(25)22-21(28)29-18)12-24(23-19)15-6-4-3-5-7-15/h3-12H,1-2H3,(H,22,25,28)/b18-11-. The van der Waals surface area contributed by atoms with Gasteiger partial charge < -0.3 is 14.8 Å². The normalized spacial score (nSPS) is 14.9. The van der Waals surface area contributed by atoms with Gasteiger partial charge in [0.15, 0.2) is 11.5 Å². The Morgan fingerprint density at radius 2 is 1.86 bits per heavy atom. The molecule has 1 aromatic heterocycles. The first-order chi connectivity index (χ1) is 14.1. The van der Waals surface area contributed by atoms with Crippen LogP contribution in [-0.4, -0.2) is 34.2 Å². The summed E-state index contributed by atoms with van der Waals surface area (Å²) in [6.45, 7) is 0. The van der Waals surface area contributed by atoms with E-state index >= 15 is 0 Å². The highest BCUT2D eigenvalue weighted by molar-refractivity contribution is 8.26. The van der Waals surface area contributed by atoms with Gasteiger partial charge in [-0.1, -0.05) is 42.2 Å². The van der Waals surface area contributed by atoms with E-state index in [0.717, 1.165) is 16.8 Å². The van der Waals surface area contributed by atoms with Crippen LogP contribution in [0.1, 0.15) is 5.56 Å². The monoisotopic (exact) mass is 423 g/mol. The van der Waals surface area contributed by atoms with Crippen LogP contribution in [0.2, 0.25) is 0 Å². The first kappa shape index (κ1) is 19.2. The highest BCUT2D eigenvalue weighted by Crippen LogP contribution is 2.35. The van der Waals surface area contributed by atoms with Crippen molar-refractivity contribution in [3.63, 3.8) is 0 Å². The molecule has 1 aliphatic heterocycles. The van der Waals surface area contributed by atoms with E-state index < -0.39 is 0 Å². The van der Waals surface area contributed by atoms with Gasteiger partial charge in [-0.25, -0.2) is 4.68 Å². The van der Waals surface area contributed by atoms with Crippen LogP contribution in [0.5, 0.6) is 11.5 Å². The number of carbonyl (C=O) groups is 1. The van der Waals surface area contributed by atoms with Crippen molar-refractivity contribution >= 4 is 40.3 Å². The number of amides is 1. The zero-order valence-corrected chi connectivity index (χ0v) is 17.3. The lowest BCUT2D eigenvalue weighted by molar-refractivity contribution is -0.115. The molecule has 0 aliphatic carbocycles. The third-order valence-electron chi connectivity index (χ3n) is 4.35. The molecule has 1 aliphatic rings. The molecule has 6 nitrogen and oxygen atoms in total. The predicted molar refractivity (Wildman–Crippen MR) is 118 cm³/mol. The molecule has 1 saturated heterocycles. The number of rotatable bonds is 5. The van der Waals surface area contributed by atoms with Crippen LogP contribution in [0.25, 0.3) is 23.0 Å². The Morgan fingerprint density at radius 1 is 1.10 bits per heavy atom. The lowest BCUT2D eigenvalue weighted by Crippen LogP contribution is -2.17. The zero-order valence-electron chi connectivity index (χ0n) is 15.7. The number of methoxy groups -OCH3 is 2. The van der Waals surface area contributed by atoms with E-state index in [-0.39, 0.29) is 5.91 Å². The molecule has 0 spiro atoms. The van der Waals surface area contributed by atoms with Crippen LogP contribution in [0.3, 0.4) is 0 Å².